The monoisotopic (exact) mass is 437 g/mol. The van der Waals surface area contributed by atoms with E-state index in [0.717, 1.165) is 13.2 Å². The Morgan fingerprint density at radius 1 is 1.43 bits per heavy atom. The van der Waals surface area contributed by atoms with Gasteiger partial charge in [-0.3, -0.25) is 9.69 Å². The third kappa shape index (κ3) is 4.75. The minimum absolute atomic E-state index is 0.213. The number of fused-ring (bicyclic) bond motifs is 3. The minimum Gasteiger partial charge on any atom is -0.493 e. The molecular formula is C24H38N2O4. The second kappa shape index (κ2) is 9.56. The van der Waals surface area contributed by atoms with Crippen LogP contribution in [0.2, 0.25) is 0 Å². The van der Waals surface area contributed by atoms with Crippen molar-refractivity contribution in [1.29, 1.82) is 0 Å². The standard InChI is InChI=1S/C24H38N2O4/c1-14(2)9-17-13-26-8-7-16-10-21(28-5)22(29-6)11-18(16)19(26)12-20(17)30-24(27)23(25)15(3)4/h10-11,14-15,17,19-20,23H,7-9,12-13,25H2,1-6H3/t17?,19?,20?,23-/m0/s1/i1D3,5D3,7D2,8D2,9D2,12D2,13D2,14D,17D,20D/t14?,17?,19?,20?,23-. The summed E-state index contributed by atoms with van der Waals surface area (Å²) in [4.78, 5) is 13.2. The smallest absolute Gasteiger partial charge is 0.323 e. The molecule has 4 unspecified atom stereocenters. The maximum atomic E-state index is 13.4. The van der Waals surface area contributed by atoms with E-state index in [1.807, 2.05) is 0 Å². The molecule has 0 aromatic heterocycles. The van der Waals surface area contributed by atoms with E-state index in [-0.39, 0.29) is 4.90 Å². The number of ether oxygens (including phenoxy) is 3. The fraction of sp³-hybridized carbons (Fsp3) is 0.708. The van der Waals surface area contributed by atoms with Crippen LogP contribution in [-0.2, 0) is 15.9 Å². The molecule has 0 radical (unpaired) electrons. The summed E-state index contributed by atoms with van der Waals surface area (Å²) in [6.45, 7) is -8.55. The maximum absolute atomic E-state index is 13.4. The Labute approximate surface area is 207 Å². The molecule has 5 atom stereocenters. The van der Waals surface area contributed by atoms with Gasteiger partial charge in [0.05, 0.1) is 19.6 Å². The molecule has 2 aliphatic heterocycles. The van der Waals surface area contributed by atoms with Gasteiger partial charge >= 0.3 is 5.97 Å². The summed E-state index contributed by atoms with van der Waals surface area (Å²) >= 11 is 0. The molecule has 6 heteroatoms. The highest BCUT2D eigenvalue weighted by molar-refractivity contribution is 5.76. The fourth-order valence-electron chi connectivity index (χ4n) is 2.87. The molecule has 1 fully saturated rings. The molecule has 0 saturated carbocycles. The molecule has 0 aliphatic carbocycles. The van der Waals surface area contributed by atoms with Gasteiger partial charge in [-0.05, 0) is 47.8 Å². The molecule has 0 bridgehead atoms. The zero-order valence-corrected chi connectivity index (χ0v) is 17.0. The summed E-state index contributed by atoms with van der Waals surface area (Å²) in [6, 6.07) is -2.86. The Balaban J connectivity index is 2.64. The predicted octanol–water partition coefficient (Wildman–Crippen LogP) is 3.56. The van der Waals surface area contributed by atoms with Crippen LogP contribution in [-0.4, -0.2) is 50.1 Å². The third-order valence-electron chi connectivity index (χ3n) is 4.54. The van der Waals surface area contributed by atoms with Crippen LogP contribution in [0.15, 0.2) is 12.1 Å². The highest BCUT2D eigenvalue weighted by Crippen LogP contribution is 2.44. The van der Waals surface area contributed by atoms with Crippen molar-refractivity contribution in [2.75, 3.05) is 27.1 Å². The molecule has 2 heterocycles. The van der Waals surface area contributed by atoms with Crippen molar-refractivity contribution >= 4 is 5.97 Å². The van der Waals surface area contributed by atoms with Gasteiger partial charge in [-0.25, -0.2) is 0 Å². The first kappa shape index (κ1) is 8.62. The molecule has 168 valence electrons. The number of hydrogen-bond acceptors (Lipinski definition) is 6. The second-order valence-electron chi connectivity index (χ2n) is 7.10. The van der Waals surface area contributed by atoms with Crippen LogP contribution in [0.25, 0.3) is 0 Å². The Bertz CT molecular complexity index is 1480. The Hall–Kier alpha value is -1.79. The number of benzene rings is 1. The zero-order chi connectivity index (χ0) is 38.7. The van der Waals surface area contributed by atoms with Crippen LogP contribution in [0.1, 0.15) is 83.6 Å². The molecule has 2 aliphatic rings. The van der Waals surface area contributed by atoms with Gasteiger partial charge in [-0.15, -0.1) is 0 Å². The summed E-state index contributed by atoms with van der Waals surface area (Å²) in [5.41, 5.74) is 4.34. The van der Waals surface area contributed by atoms with Crippen molar-refractivity contribution in [3.05, 3.63) is 23.3 Å². The van der Waals surface area contributed by atoms with Crippen LogP contribution in [0.4, 0.5) is 0 Å². The molecule has 3 rings (SSSR count). The number of methoxy groups -OCH3 is 2. The average Bonchev–Trinajstić information content (AvgIpc) is 2.90. The number of carbonyl (C=O) groups excluding carboxylic acids is 1. The number of aryl methyl sites for hydroxylation is 1. The molecular weight excluding hydrogens is 380 g/mol. The Morgan fingerprint density at radius 3 is 2.87 bits per heavy atom. The number of rotatable bonds is 7. The lowest BCUT2D eigenvalue weighted by Crippen LogP contribution is -2.51. The predicted molar refractivity (Wildman–Crippen MR) is 118 cm³/mol. The summed E-state index contributed by atoms with van der Waals surface area (Å²) in [5, 5.41) is 0. The van der Waals surface area contributed by atoms with Gasteiger partial charge in [0.1, 0.15) is 12.1 Å². The molecule has 30 heavy (non-hydrogen) atoms. The molecule has 2 N–H and O–H groups in total. The lowest BCUT2D eigenvalue weighted by molar-refractivity contribution is -0.160. The van der Waals surface area contributed by atoms with Crippen LogP contribution in [0.3, 0.4) is 0 Å². The molecule has 6 nitrogen and oxygen atoms in total. The molecule has 0 amide bonds. The van der Waals surface area contributed by atoms with E-state index in [9.17, 15) is 13.0 Å². The van der Waals surface area contributed by atoms with Gasteiger partial charge < -0.3 is 19.9 Å². The van der Waals surface area contributed by atoms with Gasteiger partial charge in [0.15, 0.2) is 11.5 Å². The van der Waals surface area contributed by atoms with Gasteiger partial charge in [-0.1, -0.05) is 27.6 Å². The van der Waals surface area contributed by atoms with Crippen LogP contribution in [0.5, 0.6) is 11.5 Å². The van der Waals surface area contributed by atoms with Crippen LogP contribution < -0.4 is 15.2 Å². The van der Waals surface area contributed by atoms with E-state index in [2.05, 4.69) is 0 Å². The fourth-order valence-corrected chi connectivity index (χ4v) is 2.87. The number of esters is 1. The van der Waals surface area contributed by atoms with Crippen molar-refractivity contribution in [2.45, 2.75) is 64.9 Å². The molecule has 1 saturated heterocycles. The normalized spacial score (nSPS) is 49.1. The van der Waals surface area contributed by atoms with Crippen LogP contribution >= 0.6 is 0 Å². The molecule has 0 spiro atoms. The second-order valence-corrected chi connectivity index (χ2v) is 7.10. The lowest BCUT2D eigenvalue weighted by Gasteiger charge is -2.47. The summed E-state index contributed by atoms with van der Waals surface area (Å²) < 4.78 is 179. The van der Waals surface area contributed by atoms with E-state index < -0.39 is 110 Å². The Morgan fingerprint density at radius 2 is 2.20 bits per heavy atom. The quantitative estimate of drug-likeness (QED) is 0.658. The van der Waals surface area contributed by atoms with Gasteiger partial charge in [-0.2, -0.15) is 0 Å². The first-order valence-corrected chi connectivity index (χ1v) is 9.18. The topological polar surface area (TPSA) is 74.0 Å². The van der Waals surface area contributed by atoms with Crippen molar-refractivity contribution in [2.24, 2.45) is 23.4 Å². The maximum Gasteiger partial charge on any atom is 0.323 e. The first-order chi connectivity index (χ1) is 21.5. The highest BCUT2D eigenvalue weighted by atomic mass is 16.5. The van der Waals surface area contributed by atoms with Crippen molar-refractivity contribution in [1.82, 2.24) is 4.90 Å². The minimum atomic E-state index is -4.43. The Kier molecular flexibility index (Phi) is 2.75. The summed E-state index contributed by atoms with van der Waals surface area (Å²) in [5.74, 6) is -11.7. The van der Waals surface area contributed by atoms with Crippen LogP contribution in [0, 0.1) is 17.7 Å². The zero-order valence-electron chi connectivity index (χ0n) is 36.0. The third-order valence-corrected chi connectivity index (χ3v) is 4.54. The number of carbonyl (C=O) groups is 1. The van der Waals surface area contributed by atoms with Gasteiger partial charge in [0.2, 0.25) is 0 Å². The first-order valence-electron chi connectivity index (χ1n) is 18.7. The van der Waals surface area contributed by atoms with Crippen molar-refractivity contribution in [3.63, 3.8) is 0 Å². The summed E-state index contributed by atoms with van der Waals surface area (Å²) in [7, 11) is -2.15. The van der Waals surface area contributed by atoms with E-state index >= 15 is 0 Å². The van der Waals surface area contributed by atoms with E-state index in [1.165, 1.54) is 13.8 Å². The summed E-state index contributed by atoms with van der Waals surface area (Å²) in [6.07, 6.45) is -15.9. The largest absolute Gasteiger partial charge is 0.493 e. The number of nitrogens with two attached hydrogens (primary N) is 1. The van der Waals surface area contributed by atoms with Crippen molar-refractivity contribution in [3.8, 4) is 11.5 Å². The number of piperidine rings is 1. The van der Waals surface area contributed by atoms with E-state index in [1.54, 1.807) is 0 Å². The molecule has 1 aromatic carbocycles. The lowest BCUT2D eigenvalue weighted by atomic mass is 9.79. The van der Waals surface area contributed by atoms with E-state index in [4.69, 9.17) is 37.8 Å². The van der Waals surface area contributed by atoms with Gasteiger partial charge in [0.25, 0.3) is 0 Å². The molecule has 1 aromatic rings. The van der Waals surface area contributed by atoms with E-state index in [0.29, 0.717) is 13.0 Å². The number of nitrogens with zero attached hydrogens (tertiary/aromatic N) is 1. The van der Waals surface area contributed by atoms with Gasteiger partial charge in [0, 0.05) is 51.9 Å². The SMILES string of the molecule is [2H]C([2H])([2H])Oc1cc2c(cc1OC)C1N(C([2H])([2H])C2([2H])[2H])C([2H])([2H])C([2H])(C([2H])([2H])C([2H])(C)C([2H])([2H])[2H])C([2H])(OC(=O)[C@@H](N)C(C)C)C1([2H])[2H]. The average molecular weight is 438 g/mol. The number of hydrogen-bond donors (Lipinski definition) is 1. The van der Waals surface area contributed by atoms with Crippen molar-refractivity contribution < 1.29 is 45.0 Å². The highest BCUT2D eigenvalue weighted by Gasteiger charge is 2.41.